The predicted molar refractivity (Wildman–Crippen MR) is 192 cm³/mol. The highest BCUT2D eigenvalue weighted by Gasteiger charge is 2.31. The molecule has 0 spiro atoms. The number of benzodiazepines with no additional fused rings is 2. The lowest BCUT2D eigenvalue weighted by Gasteiger charge is -2.21. The molecule has 0 radical (unpaired) electrons. The molecule has 10 heteroatoms. The Balaban J connectivity index is 0.000000191. The first-order chi connectivity index (χ1) is 23.4. The van der Waals surface area contributed by atoms with Crippen LogP contribution in [0.3, 0.4) is 0 Å². The van der Waals surface area contributed by atoms with Crippen molar-refractivity contribution in [3.8, 4) is 0 Å². The second-order valence-electron chi connectivity index (χ2n) is 12.9. The summed E-state index contributed by atoms with van der Waals surface area (Å²) in [6, 6.07) is 34.3. The maximum atomic E-state index is 12.6. The van der Waals surface area contributed by atoms with Crippen molar-refractivity contribution in [2.45, 2.75) is 47.0 Å². The van der Waals surface area contributed by atoms with Gasteiger partial charge in [0.2, 0.25) is 24.1 Å². The number of carbonyl (C=O) groups is 4. The van der Waals surface area contributed by atoms with E-state index in [4.69, 9.17) is 0 Å². The zero-order valence-corrected chi connectivity index (χ0v) is 28.2. The SMILES string of the molecule is CC(C)(C)C(=O)NC1N=C(c2ccccc2)c2ccccc2NC1=O.CC(C)C(=O)NC1N=C(c2ccccc2)c2ccccc2NC1=O. The Labute approximate surface area is 286 Å². The normalized spacial score (nSPS) is 16.9. The summed E-state index contributed by atoms with van der Waals surface area (Å²) < 4.78 is 0. The highest BCUT2D eigenvalue weighted by Crippen LogP contribution is 2.25. The third kappa shape index (κ3) is 8.34. The molecule has 4 amide bonds. The van der Waals surface area contributed by atoms with Crippen molar-refractivity contribution in [3.05, 3.63) is 131 Å². The molecule has 4 aromatic rings. The first-order valence-electron chi connectivity index (χ1n) is 16.1. The molecule has 4 N–H and O–H groups in total. The summed E-state index contributed by atoms with van der Waals surface area (Å²) in [7, 11) is 0. The lowest BCUT2D eigenvalue weighted by Crippen LogP contribution is -2.46. The van der Waals surface area contributed by atoms with Crippen LogP contribution in [-0.2, 0) is 19.2 Å². The van der Waals surface area contributed by atoms with Crippen LogP contribution in [0.15, 0.2) is 119 Å². The fourth-order valence-corrected chi connectivity index (χ4v) is 5.00. The van der Waals surface area contributed by atoms with Crippen LogP contribution in [0.5, 0.6) is 0 Å². The van der Waals surface area contributed by atoms with Crippen LogP contribution in [0, 0.1) is 11.3 Å². The molecule has 2 atom stereocenters. The fraction of sp³-hybridized carbons (Fsp3) is 0.231. The maximum absolute atomic E-state index is 12.6. The Morgan fingerprint density at radius 2 is 1.00 bits per heavy atom. The van der Waals surface area contributed by atoms with E-state index in [9.17, 15) is 19.2 Å². The minimum Gasteiger partial charge on any atom is -0.326 e. The summed E-state index contributed by atoms with van der Waals surface area (Å²) in [5.41, 5.74) is 5.56. The van der Waals surface area contributed by atoms with Gasteiger partial charge < -0.3 is 21.3 Å². The number of anilines is 2. The second-order valence-corrected chi connectivity index (χ2v) is 12.9. The Morgan fingerprint density at radius 1 is 0.612 bits per heavy atom. The summed E-state index contributed by atoms with van der Waals surface area (Å²) in [6.45, 7) is 8.95. The van der Waals surface area contributed by atoms with Crippen molar-refractivity contribution in [1.29, 1.82) is 0 Å². The van der Waals surface area contributed by atoms with Crippen molar-refractivity contribution in [2.24, 2.45) is 21.3 Å². The van der Waals surface area contributed by atoms with Gasteiger partial charge in [-0.1, -0.05) is 132 Å². The number of rotatable bonds is 5. The molecular weight excluding hydrogens is 616 g/mol. The molecule has 6 rings (SSSR count). The van der Waals surface area contributed by atoms with E-state index in [1.807, 2.05) is 109 Å². The molecule has 10 nitrogen and oxygen atoms in total. The van der Waals surface area contributed by atoms with Crippen molar-refractivity contribution in [1.82, 2.24) is 10.6 Å². The van der Waals surface area contributed by atoms with E-state index in [-0.39, 0.29) is 29.5 Å². The molecule has 2 aliphatic rings. The van der Waals surface area contributed by atoms with Crippen molar-refractivity contribution < 1.29 is 19.2 Å². The van der Waals surface area contributed by atoms with Crippen LogP contribution >= 0.6 is 0 Å². The number of fused-ring (bicyclic) bond motifs is 2. The number of para-hydroxylation sites is 2. The number of hydrogen-bond acceptors (Lipinski definition) is 6. The first-order valence-corrected chi connectivity index (χ1v) is 16.1. The number of nitrogens with zero attached hydrogens (tertiary/aromatic N) is 2. The summed E-state index contributed by atoms with van der Waals surface area (Å²) in [5, 5.41) is 11.2. The molecule has 0 saturated heterocycles. The summed E-state index contributed by atoms with van der Waals surface area (Å²) >= 11 is 0. The van der Waals surface area contributed by atoms with Gasteiger partial charge in [0.25, 0.3) is 11.8 Å². The van der Waals surface area contributed by atoms with Gasteiger partial charge in [-0.05, 0) is 12.1 Å². The van der Waals surface area contributed by atoms with Gasteiger partial charge >= 0.3 is 0 Å². The molecule has 2 unspecified atom stereocenters. The van der Waals surface area contributed by atoms with E-state index in [1.54, 1.807) is 34.6 Å². The van der Waals surface area contributed by atoms with Gasteiger partial charge in [-0.2, -0.15) is 0 Å². The monoisotopic (exact) mass is 656 g/mol. The van der Waals surface area contributed by atoms with Gasteiger partial charge in [-0.3, -0.25) is 19.2 Å². The zero-order valence-electron chi connectivity index (χ0n) is 28.2. The Kier molecular flexibility index (Phi) is 10.5. The predicted octanol–water partition coefficient (Wildman–Crippen LogP) is 5.54. The van der Waals surface area contributed by atoms with E-state index in [1.165, 1.54) is 0 Å². The smallest absolute Gasteiger partial charge is 0.269 e. The molecule has 2 heterocycles. The average Bonchev–Trinajstić information content (AvgIpc) is 3.32. The fourth-order valence-electron chi connectivity index (χ4n) is 5.00. The van der Waals surface area contributed by atoms with E-state index < -0.39 is 17.7 Å². The van der Waals surface area contributed by atoms with Crippen LogP contribution in [0.25, 0.3) is 0 Å². The first kappa shape index (κ1) is 34.4. The molecule has 250 valence electrons. The molecule has 49 heavy (non-hydrogen) atoms. The van der Waals surface area contributed by atoms with Crippen LogP contribution in [0.4, 0.5) is 11.4 Å². The molecule has 0 fully saturated rings. The molecule has 0 saturated carbocycles. The van der Waals surface area contributed by atoms with Gasteiger partial charge in [0.05, 0.1) is 22.8 Å². The lowest BCUT2D eigenvalue weighted by atomic mass is 9.95. The van der Waals surface area contributed by atoms with Gasteiger partial charge in [0, 0.05) is 33.6 Å². The maximum Gasteiger partial charge on any atom is 0.269 e. The highest BCUT2D eigenvalue weighted by molar-refractivity contribution is 6.20. The van der Waals surface area contributed by atoms with Crippen LogP contribution in [-0.4, -0.2) is 47.4 Å². The van der Waals surface area contributed by atoms with Crippen LogP contribution < -0.4 is 21.3 Å². The summed E-state index contributed by atoms with van der Waals surface area (Å²) in [4.78, 5) is 58.6. The second kappa shape index (κ2) is 14.9. The van der Waals surface area contributed by atoms with Gasteiger partial charge in [-0.25, -0.2) is 9.98 Å². The average molecular weight is 657 g/mol. The van der Waals surface area contributed by atoms with Crippen LogP contribution in [0.1, 0.15) is 56.9 Å². The minimum atomic E-state index is -0.977. The van der Waals surface area contributed by atoms with Gasteiger partial charge in [-0.15, -0.1) is 0 Å². The van der Waals surface area contributed by atoms with E-state index in [0.29, 0.717) is 22.8 Å². The zero-order chi connectivity index (χ0) is 35.1. The molecule has 2 aliphatic heterocycles. The van der Waals surface area contributed by atoms with E-state index in [2.05, 4.69) is 31.3 Å². The van der Waals surface area contributed by atoms with Gasteiger partial charge in [0.15, 0.2) is 0 Å². The summed E-state index contributed by atoms with van der Waals surface area (Å²) in [5.74, 6) is -1.36. The number of nitrogens with one attached hydrogen (secondary N) is 4. The van der Waals surface area contributed by atoms with E-state index >= 15 is 0 Å². The Bertz CT molecular complexity index is 1910. The van der Waals surface area contributed by atoms with Crippen LogP contribution in [0.2, 0.25) is 0 Å². The molecule has 0 aromatic heterocycles. The number of benzene rings is 4. The quantitative estimate of drug-likeness (QED) is 0.224. The number of hydrogen-bond donors (Lipinski definition) is 4. The number of carbonyl (C=O) groups excluding carboxylic acids is 4. The third-order valence-corrected chi connectivity index (χ3v) is 7.74. The number of amides is 4. The topological polar surface area (TPSA) is 141 Å². The standard InChI is InChI=1S/C20H21N3O2.C19H19N3O2/c1-20(2,3)19(25)23-17-18(24)21-15-12-8-7-11-14(15)16(22-17)13-9-5-4-6-10-13;1-12(2)18(23)22-17-19(24)20-15-11-7-6-10-14(15)16(21-17)13-8-4-3-5-9-13/h4-12,17H,1-3H3,(H,21,24)(H,23,25);3-12,17H,1-2H3,(H,20,24)(H,22,23). The largest absolute Gasteiger partial charge is 0.326 e. The summed E-state index contributed by atoms with van der Waals surface area (Å²) in [6.07, 6.45) is -1.93. The molecule has 4 aromatic carbocycles. The van der Waals surface area contributed by atoms with Crippen molar-refractivity contribution in [2.75, 3.05) is 10.6 Å². The van der Waals surface area contributed by atoms with E-state index in [0.717, 1.165) is 22.3 Å². The molecule has 0 bridgehead atoms. The highest BCUT2D eigenvalue weighted by atomic mass is 16.2. The lowest BCUT2D eigenvalue weighted by molar-refractivity contribution is -0.131. The van der Waals surface area contributed by atoms with Gasteiger partial charge in [0.1, 0.15) is 0 Å². The minimum absolute atomic E-state index is 0.211. The number of aliphatic imine (C=N–C) groups is 2. The molecule has 0 aliphatic carbocycles. The molecular formula is C39H40N6O4. The van der Waals surface area contributed by atoms with Crippen molar-refractivity contribution >= 4 is 46.4 Å². The Hall–Kier alpha value is -5.90. The third-order valence-electron chi connectivity index (χ3n) is 7.74. The Morgan fingerprint density at radius 3 is 1.41 bits per heavy atom. The van der Waals surface area contributed by atoms with Crippen molar-refractivity contribution in [3.63, 3.8) is 0 Å².